The fourth-order valence-electron chi connectivity index (χ4n) is 1.80. The van der Waals surface area contributed by atoms with E-state index in [9.17, 15) is 4.79 Å². The number of benzene rings is 1. The molecule has 0 N–H and O–H groups in total. The second-order valence-corrected chi connectivity index (χ2v) is 5.61. The number of hydrogen-bond donors (Lipinski definition) is 0. The zero-order valence-electron chi connectivity index (χ0n) is 12.3. The summed E-state index contributed by atoms with van der Waals surface area (Å²) in [6.45, 7) is 4.82. The summed E-state index contributed by atoms with van der Waals surface area (Å²) in [5.74, 6) is 2.53. The molecule has 112 valence electrons. The standard InChI is InChI=1S/C15H19N3O2S/c1-3-18-14(11-20-13-7-5-4-6-8-13)16-17-15(18)21-10-9-12(2)19/h4-8H,3,9-11H2,1-2H3. The van der Waals surface area contributed by atoms with Gasteiger partial charge in [-0.05, 0) is 26.0 Å². The average molecular weight is 305 g/mol. The van der Waals surface area contributed by atoms with Gasteiger partial charge in [0, 0.05) is 18.7 Å². The Morgan fingerprint density at radius 3 is 2.71 bits per heavy atom. The molecule has 0 atom stereocenters. The van der Waals surface area contributed by atoms with Crippen LogP contribution in [0.25, 0.3) is 0 Å². The topological polar surface area (TPSA) is 57.0 Å². The summed E-state index contributed by atoms with van der Waals surface area (Å²) in [6, 6.07) is 9.64. The molecule has 0 fully saturated rings. The first-order valence-electron chi connectivity index (χ1n) is 6.93. The minimum Gasteiger partial charge on any atom is -0.486 e. The molecule has 1 aromatic carbocycles. The first kappa shape index (κ1) is 15.6. The van der Waals surface area contributed by atoms with Crippen molar-refractivity contribution >= 4 is 17.5 Å². The van der Waals surface area contributed by atoms with Gasteiger partial charge in [-0.1, -0.05) is 30.0 Å². The van der Waals surface area contributed by atoms with Gasteiger partial charge in [0.15, 0.2) is 11.0 Å². The molecule has 0 saturated carbocycles. The van der Waals surface area contributed by atoms with Crippen molar-refractivity contribution in [3.63, 3.8) is 0 Å². The van der Waals surface area contributed by atoms with E-state index in [0.29, 0.717) is 13.0 Å². The van der Waals surface area contributed by atoms with E-state index in [0.717, 1.165) is 29.0 Å². The quantitative estimate of drug-likeness (QED) is 0.702. The van der Waals surface area contributed by atoms with Crippen LogP contribution in [0.5, 0.6) is 5.75 Å². The molecule has 21 heavy (non-hydrogen) atoms. The smallest absolute Gasteiger partial charge is 0.191 e. The van der Waals surface area contributed by atoms with Crippen LogP contribution in [0.4, 0.5) is 0 Å². The molecule has 1 heterocycles. The molecular formula is C15H19N3O2S. The highest BCUT2D eigenvalue weighted by Crippen LogP contribution is 2.19. The summed E-state index contributed by atoms with van der Waals surface area (Å²) in [7, 11) is 0. The predicted octanol–water partition coefficient (Wildman–Crippen LogP) is 2.95. The third-order valence-electron chi connectivity index (χ3n) is 2.91. The number of ketones is 1. The van der Waals surface area contributed by atoms with Gasteiger partial charge in [0.2, 0.25) is 0 Å². The molecule has 0 amide bonds. The fraction of sp³-hybridized carbons (Fsp3) is 0.400. The molecular weight excluding hydrogens is 286 g/mol. The van der Waals surface area contributed by atoms with Gasteiger partial charge in [-0.3, -0.25) is 4.79 Å². The number of nitrogens with zero attached hydrogens (tertiary/aromatic N) is 3. The van der Waals surface area contributed by atoms with E-state index in [1.165, 1.54) is 0 Å². The van der Waals surface area contributed by atoms with Crippen molar-refractivity contribution in [2.24, 2.45) is 0 Å². The zero-order valence-corrected chi connectivity index (χ0v) is 13.1. The number of ether oxygens (including phenoxy) is 1. The number of rotatable bonds is 8. The number of Topliss-reactive ketones (excluding diaryl/α,β-unsaturated/α-hetero) is 1. The van der Waals surface area contributed by atoms with Gasteiger partial charge in [0.25, 0.3) is 0 Å². The molecule has 0 unspecified atom stereocenters. The lowest BCUT2D eigenvalue weighted by molar-refractivity contribution is -0.116. The molecule has 0 radical (unpaired) electrons. The largest absolute Gasteiger partial charge is 0.486 e. The Labute approximate surface area is 128 Å². The number of hydrogen-bond acceptors (Lipinski definition) is 5. The Hall–Kier alpha value is -1.82. The van der Waals surface area contributed by atoms with Crippen molar-refractivity contribution in [3.8, 4) is 5.75 Å². The molecule has 1 aromatic heterocycles. The number of aromatic nitrogens is 3. The van der Waals surface area contributed by atoms with Gasteiger partial charge in [-0.2, -0.15) is 0 Å². The molecule has 2 aromatic rings. The number of carbonyl (C=O) groups is 1. The number of carbonyl (C=O) groups excluding carboxylic acids is 1. The maximum Gasteiger partial charge on any atom is 0.191 e. The summed E-state index contributed by atoms with van der Waals surface area (Å²) in [6.07, 6.45) is 0.553. The van der Waals surface area contributed by atoms with Crippen LogP contribution in [0, 0.1) is 0 Å². The van der Waals surface area contributed by atoms with E-state index >= 15 is 0 Å². The molecule has 5 nitrogen and oxygen atoms in total. The Balaban J connectivity index is 1.96. The molecule has 0 aliphatic rings. The lowest BCUT2D eigenvalue weighted by Gasteiger charge is -2.08. The maximum absolute atomic E-state index is 11.0. The van der Waals surface area contributed by atoms with Crippen molar-refractivity contribution in [1.82, 2.24) is 14.8 Å². The van der Waals surface area contributed by atoms with Crippen LogP contribution in [0.2, 0.25) is 0 Å². The van der Waals surface area contributed by atoms with Crippen LogP contribution in [0.15, 0.2) is 35.5 Å². The molecule has 0 aliphatic carbocycles. The third-order valence-corrected chi connectivity index (χ3v) is 3.87. The van der Waals surface area contributed by atoms with E-state index in [4.69, 9.17) is 4.74 Å². The van der Waals surface area contributed by atoms with Crippen LogP contribution < -0.4 is 4.74 Å². The van der Waals surface area contributed by atoms with Crippen molar-refractivity contribution < 1.29 is 9.53 Å². The van der Waals surface area contributed by atoms with Crippen molar-refractivity contribution in [1.29, 1.82) is 0 Å². The summed E-state index contributed by atoms with van der Waals surface area (Å²) in [5.41, 5.74) is 0. The zero-order chi connectivity index (χ0) is 15.1. The van der Waals surface area contributed by atoms with Crippen LogP contribution >= 0.6 is 11.8 Å². The van der Waals surface area contributed by atoms with Gasteiger partial charge in [0.05, 0.1) is 0 Å². The summed E-state index contributed by atoms with van der Waals surface area (Å²) in [5, 5.41) is 9.20. The van der Waals surface area contributed by atoms with Gasteiger partial charge < -0.3 is 9.30 Å². The summed E-state index contributed by atoms with van der Waals surface area (Å²) in [4.78, 5) is 11.0. The van der Waals surface area contributed by atoms with E-state index in [1.54, 1.807) is 18.7 Å². The van der Waals surface area contributed by atoms with Gasteiger partial charge in [-0.25, -0.2) is 0 Å². The lowest BCUT2D eigenvalue weighted by atomic mass is 10.3. The number of para-hydroxylation sites is 1. The minimum atomic E-state index is 0.192. The van der Waals surface area contributed by atoms with Crippen LogP contribution in [0.3, 0.4) is 0 Å². The first-order valence-corrected chi connectivity index (χ1v) is 7.91. The highest BCUT2D eigenvalue weighted by molar-refractivity contribution is 7.99. The second-order valence-electron chi connectivity index (χ2n) is 4.55. The Morgan fingerprint density at radius 1 is 1.29 bits per heavy atom. The van der Waals surface area contributed by atoms with Crippen LogP contribution in [0.1, 0.15) is 26.1 Å². The third kappa shape index (κ3) is 4.60. The summed E-state index contributed by atoms with van der Waals surface area (Å²) >= 11 is 1.56. The van der Waals surface area contributed by atoms with E-state index in [1.807, 2.05) is 41.8 Å². The van der Waals surface area contributed by atoms with Crippen molar-refractivity contribution in [2.45, 2.75) is 38.6 Å². The molecule has 0 aliphatic heterocycles. The molecule has 0 bridgehead atoms. The van der Waals surface area contributed by atoms with E-state index in [-0.39, 0.29) is 5.78 Å². The lowest BCUT2D eigenvalue weighted by Crippen LogP contribution is -2.07. The molecule has 6 heteroatoms. The molecule has 2 rings (SSSR count). The molecule has 0 spiro atoms. The summed E-state index contributed by atoms with van der Waals surface area (Å²) < 4.78 is 7.73. The van der Waals surface area contributed by atoms with E-state index in [2.05, 4.69) is 10.2 Å². The normalized spacial score (nSPS) is 10.6. The highest BCUT2D eigenvalue weighted by Gasteiger charge is 2.12. The SMILES string of the molecule is CCn1c(COc2ccccc2)nnc1SCCC(C)=O. The number of thioether (sulfide) groups is 1. The molecule has 0 saturated heterocycles. The average Bonchev–Trinajstić information content (AvgIpc) is 2.88. The Kier molecular flexibility index (Phi) is 5.80. The monoisotopic (exact) mass is 305 g/mol. The van der Waals surface area contributed by atoms with Crippen LogP contribution in [-0.4, -0.2) is 26.3 Å². The van der Waals surface area contributed by atoms with Gasteiger partial charge in [0.1, 0.15) is 18.1 Å². The Morgan fingerprint density at radius 2 is 2.05 bits per heavy atom. The highest BCUT2D eigenvalue weighted by atomic mass is 32.2. The van der Waals surface area contributed by atoms with Gasteiger partial charge in [-0.15, -0.1) is 10.2 Å². The van der Waals surface area contributed by atoms with Gasteiger partial charge >= 0.3 is 0 Å². The van der Waals surface area contributed by atoms with Crippen molar-refractivity contribution in [2.75, 3.05) is 5.75 Å². The van der Waals surface area contributed by atoms with Crippen LogP contribution in [-0.2, 0) is 17.9 Å². The Bertz CT molecular complexity index is 584. The minimum absolute atomic E-state index is 0.192. The maximum atomic E-state index is 11.0. The van der Waals surface area contributed by atoms with E-state index < -0.39 is 0 Å². The predicted molar refractivity (Wildman–Crippen MR) is 82.5 cm³/mol. The first-order chi connectivity index (χ1) is 10.2. The fourth-order valence-corrected chi connectivity index (χ4v) is 2.86. The van der Waals surface area contributed by atoms with Crippen molar-refractivity contribution in [3.05, 3.63) is 36.2 Å². The second kappa shape index (κ2) is 7.83.